The quantitative estimate of drug-likeness (QED) is 0.887. The Balaban J connectivity index is 2.53. The van der Waals surface area contributed by atoms with Gasteiger partial charge in [-0.25, -0.2) is 0 Å². The van der Waals surface area contributed by atoms with Crippen LogP contribution in [0.4, 0.5) is 0 Å². The van der Waals surface area contributed by atoms with E-state index in [2.05, 4.69) is 15.9 Å². The maximum Gasteiger partial charge on any atom is 0.312 e. The summed E-state index contributed by atoms with van der Waals surface area (Å²) in [6.07, 6.45) is 0.770. The van der Waals surface area contributed by atoms with E-state index in [9.17, 15) is 9.90 Å². The highest BCUT2D eigenvalue weighted by Crippen LogP contribution is 2.41. The van der Waals surface area contributed by atoms with Gasteiger partial charge in [-0.2, -0.15) is 0 Å². The van der Waals surface area contributed by atoms with Gasteiger partial charge in [0, 0.05) is 23.0 Å². The molecule has 0 saturated heterocycles. The molecule has 2 rings (SSSR count). The van der Waals surface area contributed by atoms with Gasteiger partial charge in [-0.05, 0) is 12.1 Å². The van der Waals surface area contributed by atoms with Gasteiger partial charge in [-0.3, -0.25) is 4.79 Å². The lowest BCUT2D eigenvalue weighted by Gasteiger charge is -2.18. The summed E-state index contributed by atoms with van der Waals surface area (Å²) < 4.78 is 11.8. The Morgan fingerprint density at radius 2 is 2.17 bits per heavy atom. The van der Waals surface area contributed by atoms with Crippen LogP contribution in [0.5, 0.6) is 11.5 Å². The Bertz CT molecular complexity index is 464. The average molecular weight is 316 g/mol. The average Bonchev–Trinajstić information content (AvgIpc) is 2.57. The second-order valence-corrected chi connectivity index (χ2v) is 4.82. The molecule has 0 amide bonds. The van der Waals surface area contributed by atoms with Crippen molar-refractivity contribution in [3.63, 3.8) is 0 Å². The minimum Gasteiger partial charge on any atom is -0.490 e. The molecule has 1 aromatic rings. The van der Waals surface area contributed by atoms with Crippen LogP contribution >= 0.6 is 15.9 Å². The summed E-state index contributed by atoms with van der Waals surface area (Å²) in [5.41, 5.74) is 6.09. The zero-order chi connectivity index (χ0) is 13.1. The molecule has 98 valence electrons. The number of carbonyl (C=O) groups is 1. The van der Waals surface area contributed by atoms with Crippen LogP contribution in [0.1, 0.15) is 17.9 Å². The van der Waals surface area contributed by atoms with E-state index in [1.807, 2.05) is 0 Å². The van der Waals surface area contributed by atoms with Crippen molar-refractivity contribution in [2.24, 2.45) is 5.73 Å². The highest BCUT2D eigenvalue weighted by Gasteiger charge is 2.28. The fourth-order valence-corrected chi connectivity index (χ4v) is 2.49. The monoisotopic (exact) mass is 315 g/mol. The highest BCUT2D eigenvalue weighted by molar-refractivity contribution is 9.10. The number of ether oxygens (including phenoxy) is 2. The predicted molar refractivity (Wildman–Crippen MR) is 69.2 cm³/mol. The normalized spacial score (nSPS) is 15.9. The maximum atomic E-state index is 11.3. The van der Waals surface area contributed by atoms with Crippen molar-refractivity contribution in [3.8, 4) is 11.5 Å². The molecule has 1 heterocycles. The van der Waals surface area contributed by atoms with E-state index < -0.39 is 11.9 Å². The summed E-state index contributed by atoms with van der Waals surface area (Å²) in [4.78, 5) is 11.3. The van der Waals surface area contributed by atoms with Crippen molar-refractivity contribution >= 4 is 21.9 Å². The first kappa shape index (κ1) is 13.2. The number of carboxylic acids is 1. The van der Waals surface area contributed by atoms with Crippen LogP contribution < -0.4 is 15.2 Å². The second-order valence-electron chi connectivity index (χ2n) is 3.97. The third kappa shape index (κ3) is 2.44. The van der Waals surface area contributed by atoms with Gasteiger partial charge in [0.25, 0.3) is 0 Å². The molecule has 0 aromatic heterocycles. The van der Waals surface area contributed by atoms with E-state index in [0.29, 0.717) is 34.7 Å². The van der Waals surface area contributed by atoms with Gasteiger partial charge in [0.2, 0.25) is 0 Å². The van der Waals surface area contributed by atoms with Gasteiger partial charge in [0.1, 0.15) is 0 Å². The molecule has 6 heteroatoms. The Kier molecular flexibility index (Phi) is 4.08. The van der Waals surface area contributed by atoms with Crippen molar-refractivity contribution in [2.75, 3.05) is 19.8 Å². The van der Waals surface area contributed by atoms with E-state index in [1.54, 1.807) is 12.1 Å². The number of aliphatic carboxylic acids is 1. The summed E-state index contributed by atoms with van der Waals surface area (Å²) >= 11 is 3.36. The maximum absolute atomic E-state index is 11.3. The topological polar surface area (TPSA) is 81.8 Å². The molecule has 1 aromatic carbocycles. The fourth-order valence-electron chi connectivity index (χ4n) is 1.90. The van der Waals surface area contributed by atoms with Gasteiger partial charge in [-0.15, -0.1) is 0 Å². The number of halogens is 1. The molecule has 1 unspecified atom stereocenters. The third-order valence-corrected chi connectivity index (χ3v) is 3.47. The molecular weight excluding hydrogens is 302 g/mol. The number of benzene rings is 1. The molecule has 1 aliphatic heterocycles. The van der Waals surface area contributed by atoms with Gasteiger partial charge in [0.15, 0.2) is 11.5 Å². The molecule has 0 radical (unpaired) electrons. The van der Waals surface area contributed by atoms with E-state index in [1.165, 1.54) is 0 Å². The molecule has 1 aliphatic rings. The first-order valence-electron chi connectivity index (χ1n) is 5.66. The number of rotatable bonds is 3. The summed E-state index contributed by atoms with van der Waals surface area (Å²) in [6, 6.07) is 3.53. The molecular formula is C12H14BrNO4. The first-order valence-corrected chi connectivity index (χ1v) is 6.45. The van der Waals surface area contributed by atoms with Crippen molar-refractivity contribution in [1.29, 1.82) is 0 Å². The number of hydrogen-bond donors (Lipinski definition) is 2. The summed E-state index contributed by atoms with van der Waals surface area (Å²) in [5, 5.41) is 9.23. The Morgan fingerprint density at radius 3 is 2.83 bits per heavy atom. The zero-order valence-corrected chi connectivity index (χ0v) is 11.3. The highest BCUT2D eigenvalue weighted by atomic mass is 79.9. The third-order valence-electron chi connectivity index (χ3n) is 2.78. The Hall–Kier alpha value is -1.27. The molecule has 0 aliphatic carbocycles. The molecule has 0 fully saturated rings. The lowest BCUT2D eigenvalue weighted by Crippen LogP contribution is -2.22. The van der Waals surface area contributed by atoms with Crippen LogP contribution in [-0.2, 0) is 4.79 Å². The predicted octanol–water partition coefficient (Wildman–Crippen LogP) is 1.74. The van der Waals surface area contributed by atoms with Gasteiger partial charge >= 0.3 is 5.97 Å². The molecule has 0 saturated carbocycles. The van der Waals surface area contributed by atoms with Crippen molar-refractivity contribution in [2.45, 2.75) is 12.3 Å². The van der Waals surface area contributed by atoms with E-state index in [0.717, 1.165) is 6.42 Å². The SMILES string of the molecule is NCC(C(=O)O)c1c(Br)ccc2c1OCCCO2. The molecule has 18 heavy (non-hydrogen) atoms. The Labute approximate surface area is 113 Å². The minimum atomic E-state index is -0.973. The molecule has 0 spiro atoms. The fraction of sp³-hybridized carbons (Fsp3) is 0.417. The largest absolute Gasteiger partial charge is 0.490 e. The number of hydrogen-bond acceptors (Lipinski definition) is 4. The number of carboxylic acid groups (broad SMARTS) is 1. The van der Waals surface area contributed by atoms with Crippen LogP contribution in [0.2, 0.25) is 0 Å². The molecule has 0 bridgehead atoms. The smallest absolute Gasteiger partial charge is 0.312 e. The van der Waals surface area contributed by atoms with Crippen molar-refractivity contribution < 1.29 is 19.4 Å². The lowest BCUT2D eigenvalue weighted by molar-refractivity contribution is -0.138. The van der Waals surface area contributed by atoms with Gasteiger partial charge in [-0.1, -0.05) is 15.9 Å². The van der Waals surface area contributed by atoms with Crippen LogP contribution in [0.15, 0.2) is 16.6 Å². The van der Waals surface area contributed by atoms with E-state index in [4.69, 9.17) is 15.2 Å². The van der Waals surface area contributed by atoms with Gasteiger partial charge in [0.05, 0.1) is 19.1 Å². The van der Waals surface area contributed by atoms with Crippen LogP contribution in [0.25, 0.3) is 0 Å². The number of fused-ring (bicyclic) bond motifs is 1. The lowest BCUT2D eigenvalue weighted by atomic mass is 9.98. The van der Waals surface area contributed by atoms with Crippen molar-refractivity contribution in [1.82, 2.24) is 0 Å². The number of nitrogens with two attached hydrogens (primary N) is 1. The molecule has 3 N–H and O–H groups in total. The van der Waals surface area contributed by atoms with Crippen LogP contribution in [0, 0.1) is 0 Å². The summed E-state index contributed by atoms with van der Waals surface area (Å²) in [5.74, 6) is -0.722. The molecule has 5 nitrogen and oxygen atoms in total. The second kappa shape index (κ2) is 5.58. The van der Waals surface area contributed by atoms with Crippen LogP contribution in [-0.4, -0.2) is 30.8 Å². The van der Waals surface area contributed by atoms with Crippen LogP contribution in [0.3, 0.4) is 0 Å². The summed E-state index contributed by atoms with van der Waals surface area (Å²) in [7, 11) is 0. The first-order chi connectivity index (χ1) is 8.65. The molecule has 1 atom stereocenters. The van der Waals surface area contributed by atoms with E-state index in [-0.39, 0.29) is 6.54 Å². The standard InChI is InChI=1S/C12H14BrNO4/c13-8-2-3-9-11(18-5-1-4-17-9)10(8)7(6-14)12(15)16/h2-3,7H,1,4-6,14H2,(H,15,16). The zero-order valence-electron chi connectivity index (χ0n) is 9.69. The summed E-state index contributed by atoms with van der Waals surface area (Å²) in [6.45, 7) is 1.08. The Morgan fingerprint density at radius 1 is 1.44 bits per heavy atom. The van der Waals surface area contributed by atoms with E-state index >= 15 is 0 Å². The minimum absolute atomic E-state index is 0.00769. The van der Waals surface area contributed by atoms with Gasteiger partial charge < -0.3 is 20.3 Å². The van der Waals surface area contributed by atoms with Crippen molar-refractivity contribution in [3.05, 3.63) is 22.2 Å².